The van der Waals surface area contributed by atoms with Crippen molar-refractivity contribution in [1.29, 1.82) is 0 Å². The summed E-state index contributed by atoms with van der Waals surface area (Å²) in [6.07, 6.45) is 5.46. The molecule has 0 bridgehead atoms. The molecule has 1 amide bonds. The normalized spacial score (nSPS) is 20.7. The number of carbonyl (C=O) groups is 1. The van der Waals surface area contributed by atoms with Crippen molar-refractivity contribution in [3.63, 3.8) is 0 Å². The lowest BCUT2D eigenvalue weighted by atomic mass is 9.90. The van der Waals surface area contributed by atoms with Crippen LogP contribution >= 0.6 is 0 Å². The maximum atomic E-state index is 12.2. The van der Waals surface area contributed by atoms with Crippen LogP contribution in [-0.4, -0.2) is 29.7 Å². The Hall–Kier alpha value is -1.51. The number of hydrogen-bond acceptors (Lipinski definition) is 2. The van der Waals surface area contributed by atoms with Crippen LogP contribution in [0.2, 0.25) is 0 Å². The van der Waals surface area contributed by atoms with Crippen molar-refractivity contribution in [2.75, 3.05) is 13.1 Å². The van der Waals surface area contributed by atoms with Crippen LogP contribution in [-0.2, 0) is 4.74 Å². The molecule has 0 radical (unpaired) electrons. The molecule has 3 heteroatoms. The van der Waals surface area contributed by atoms with Gasteiger partial charge in [-0.25, -0.2) is 4.79 Å². The molecule has 0 N–H and O–H groups in total. The summed E-state index contributed by atoms with van der Waals surface area (Å²) in [7, 11) is 0. The molecule has 1 aromatic carbocycles. The third-order valence-corrected chi connectivity index (χ3v) is 4.13. The molecule has 1 heterocycles. The number of hydrogen-bond donors (Lipinski definition) is 0. The molecule has 1 aromatic rings. The highest BCUT2D eigenvalue weighted by atomic mass is 16.6. The largest absolute Gasteiger partial charge is 0.444 e. The highest BCUT2D eigenvalue weighted by Gasteiger charge is 2.23. The lowest BCUT2D eigenvalue weighted by Gasteiger charge is -2.27. The molecule has 0 unspecified atom stereocenters. The number of amides is 1. The van der Waals surface area contributed by atoms with E-state index in [0.29, 0.717) is 5.92 Å². The summed E-state index contributed by atoms with van der Waals surface area (Å²) in [6.45, 7) is 7.39. The fourth-order valence-corrected chi connectivity index (χ4v) is 3.05. The summed E-state index contributed by atoms with van der Waals surface area (Å²) < 4.78 is 5.51. The fraction of sp³-hybridized carbons (Fsp3) is 0.632. The quantitative estimate of drug-likeness (QED) is 0.733. The van der Waals surface area contributed by atoms with Crippen LogP contribution in [0.15, 0.2) is 30.3 Å². The van der Waals surface area contributed by atoms with Gasteiger partial charge >= 0.3 is 6.09 Å². The second-order valence-electron chi connectivity index (χ2n) is 7.21. The van der Waals surface area contributed by atoms with E-state index in [4.69, 9.17) is 4.74 Å². The van der Waals surface area contributed by atoms with Gasteiger partial charge in [0, 0.05) is 13.1 Å². The van der Waals surface area contributed by atoms with Gasteiger partial charge in [0.2, 0.25) is 0 Å². The van der Waals surface area contributed by atoms with E-state index >= 15 is 0 Å². The first-order valence-electron chi connectivity index (χ1n) is 8.48. The Labute approximate surface area is 134 Å². The summed E-state index contributed by atoms with van der Waals surface area (Å²) in [6, 6.07) is 10.8. The average molecular weight is 303 g/mol. The molecule has 22 heavy (non-hydrogen) atoms. The Morgan fingerprint density at radius 3 is 2.36 bits per heavy atom. The predicted molar refractivity (Wildman–Crippen MR) is 90.1 cm³/mol. The molecule has 1 aliphatic heterocycles. The molecule has 1 saturated heterocycles. The molecule has 1 aliphatic rings. The molecular formula is C19H29NO2. The minimum absolute atomic E-state index is 0.161. The van der Waals surface area contributed by atoms with Gasteiger partial charge < -0.3 is 9.64 Å². The summed E-state index contributed by atoms with van der Waals surface area (Å²) in [5.74, 6) is 0.625. The third kappa shape index (κ3) is 5.36. The van der Waals surface area contributed by atoms with E-state index in [2.05, 4.69) is 30.3 Å². The maximum absolute atomic E-state index is 12.2. The molecule has 122 valence electrons. The average Bonchev–Trinajstić information content (AvgIpc) is 2.58. The van der Waals surface area contributed by atoms with E-state index in [1.807, 2.05) is 25.7 Å². The number of ether oxygens (including phenoxy) is 1. The molecule has 0 spiro atoms. The number of rotatable bonds is 1. The Morgan fingerprint density at radius 1 is 1.05 bits per heavy atom. The van der Waals surface area contributed by atoms with Gasteiger partial charge in [0.15, 0.2) is 0 Å². The van der Waals surface area contributed by atoms with Gasteiger partial charge in [-0.1, -0.05) is 36.8 Å². The van der Waals surface area contributed by atoms with Crippen molar-refractivity contribution in [3.05, 3.63) is 35.9 Å². The minimum atomic E-state index is -0.415. The van der Waals surface area contributed by atoms with E-state index in [9.17, 15) is 4.79 Å². The molecule has 3 nitrogen and oxygen atoms in total. The van der Waals surface area contributed by atoms with Gasteiger partial charge in [0.1, 0.15) is 5.60 Å². The Bertz CT molecular complexity index is 464. The first kappa shape index (κ1) is 16.9. The van der Waals surface area contributed by atoms with E-state index in [1.54, 1.807) is 0 Å². The molecule has 0 saturated carbocycles. The number of benzene rings is 1. The van der Waals surface area contributed by atoms with E-state index in [0.717, 1.165) is 32.4 Å². The standard InChI is InChI=1S/C19H29NO2/c1-19(2,3)22-18(21)20-14-8-7-12-17(13-9-15-20)16-10-5-4-6-11-16/h4-6,10-11,17H,7-9,12-15H2,1-3H3/t17-/m1/s1. The van der Waals surface area contributed by atoms with Gasteiger partial charge in [0.25, 0.3) is 0 Å². The monoisotopic (exact) mass is 303 g/mol. The molecule has 1 atom stereocenters. The highest BCUT2D eigenvalue weighted by Crippen LogP contribution is 2.28. The summed E-state index contributed by atoms with van der Waals surface area (Å²) >= 11 is 0. The minimum Gasteiger partial charge on any atom is -0.444 e. The Morgan fingerprint density at radius 2 is 1.68 bits per heavy atom. The maximum Gasteiger partial charge on any atom is 0.410 e. The second-order valence-corrected chi connectivity index (χ2v) is 7.21. The fourth-order valence-electron chi connectivity index (χ4n) is 3.05. The summed E-state index contributed by atoms with van der Waals surface area (Å²) in [5, 5.41) is 0. The summed E-state index contributed by atoms with van der Waals surface area (Å²) in [4.78, 5) is 14.1. The number of carbonyl (C=O) groups excluding carboxylic acids is 1. The Kier molecular flexibility index (Phi) is 5.87. The second kappa shape index (κ2) is 7.66. The van der Waals surface area contributed by atoms with Crippen molar-refractivity contribution in [3.8, 4) is 0 Å². The lowest BCUT2D eigenvalue weighted by molar-refractivity contribution is 0.0246. The van der Waals surface area contributed by atoms with Gasteiger partial charge in [-0.05, 0) is 57.9 Å². The van der Waals surface area contributed by atoms with Crippen molar-refractivity contribution in [1.82, 2.24) is 4.90 Å². The molecule has 2 rings (SSSR count). The van der Waals surface area contributed by atoms with Crippen LogP contribution in [0.5, 0.6) is 0 Å². The van der Waals surface area contributed by atoms with E-state index in [1.165, 1.54) is 18.4 Å². The third-order valence-electron chi connectivity index (χ3n) is 4.13. The van der Waals surface area contributed by atoms with Crippen molar-refractivity contribution >= 4 is 6.09 Å². The van der Waals surface area contributed by atoms with Gasteiger partial charge in [0.05, 0.1) is 0 Å². The molecule has 1 fully saturated rings. The predicted octanol–water partition coefficient (Wildman–Crippen LogP) is 4.97. The molecular weight excluding hydrogens is 274 g/mol. The molecule has 0 aromatic heterocycles. The van der Waals surface area contributed by atoms with Crippen LogP contribution < -0.4 is 0 Å². The van der Waals surface area contributed by atoms with Gasteiger partial charge in [-0.3, -0.25) is 0 Å². The van der Waals surface area contributed by atoms with Crippen molar-refractivity contribution in [2.45, 2.75) is 64.4 Å². The van der Waals surface area contributed by atoms with Crippen LogP contribution in [0.4, 0.5) is 4.79 Å². The lowest BCUT2D eigenvalue weighted by Crippen LogP contribution is -2.37. The van der Waals surface area contributed by atoms with Crippen LogP contribution in [0.25, 0.3) is 0 Å². The van der Waals surface area contributed by atoms with Crippen molar-refractivity contribution in [2.24, 2.45) is 0 Å². The van der Waals surface area contributed by atoms with Crippen LogP contribution in [0.3, 0.4) is 0 Å². The van der Waals surface area contributed by atoms with E-state index < -0.39 is 5.60 Å². The summed E-state index contributed by atoms with van der Waals surface area (Å²) in [5.41, 5.74) is 1.02. The first-order valence-corrected chi connectivity index (χ1v) is 8.48. The highest BCUT2D eigenvalue weighted by molar-refractivity contribution is 5.68. The zero-order valence-electron chi connectivity index (χ0n) is 14.2. The van der Waals surface area contributed by atoms with Crippen LogP contribution in [0.1, 0.15) is 64.4 Å². The number of nitrogens with zero attached hydrogens (tertiary/aromatic N) is 1. The zero-order chi connectivity index (χ0) is 16.0. The topological polar surface area (TPSA) is 29.5 Å². The van der Waals surface area contributed by atoms with Gasteiger partial charge in [-0.15, -0.1) is 0 Å². The van der Waals surface area contributed by atoms with E-state index in [-0.39, 0.29) is 6.09 Å². The first-order chi connectivity index (χ1) is 10.5. The Balaban J connectivity index is 1.93. The molecule has 0 aliphatic carbocycles. The smallest absolute Gasteiger partial charge is 0.410 e. The van der Waals surface area contributed by atoms with Crippen molar-refractivity contribution < 1.29 is 9.53 Å². The van der Waals surface area contributed by atoms with Gasteiger partial charge in [-0.2, -0.15) is 0 Å². The van der Waals surface area contributed by atoms with Crippen LogP contribution in [0, 0.1) is 0 Å². The zero-order valence-corrected chi connectivity index (χ0v) is 14.2. The SMILES string of the molecule is CC(C)(C)OC(=O)N1CCCC[C@@H](c2ccccc2)CCC1.